The molecule has 0 radical (unpaired) electrons. The number of nitrogens with zero attached hydrogens (tertiary/aromatic N) is 3. The number of piperazine rings is 1. The maximum Gasteiger partial charge on any atom is 0.256 e. The van der Waals surface area contributed by atoms with Gasteiger partial charge in [-0.25, -0.2) is 13.8 Å². The zero-order valence-electron chi connectivity index (χ0n) is 18.8. The van der Waals surface area contributed by atoms with Crippen molar-refractivity contribution in [2.45, 2.75) is 6.92 Å². The van der Waals surface area contributed by atoms with E-state index in [2.05, 4.69) is 15.1 Å². The summed E-state index contributed by atoms with van der Waals surface area (Å²) >= 11 is 0. The van der Waals surface area contributed by atoms with Crippen molar-refractivity contribution in [1.82, 2.24) is 4.98 Å². The standard InChI is InChI=1S/C27H24F2N4O/c1-18-6-9-20(16-24(18)29)30-27(34)23-17-26(31-25-5-3-2-4-22(23)25)33-14-12-32(13-15-33)21-10-7-19(28)8-11-21/h2-11,16-17H,12-15H2,1H3,(H,30,34). The molecule has 0 unspecified atom stereocenters. The largest absolute Gasteiger partial charge is 0.368 e. The number of para-hydroxylation sites is 1. The van der Waals surface area contributed by atoms with E-state index in [0.717, 1.165) is 35.5 Å². The van der Waals surface area contributed by atoms with Crippen molar-refractivity contribution in [1.29, 1.82) is 0 Å². The van der Waals surface area contributed by atoms with Gasteiger partial charge in [-0.05, 0) is 61.0 Å². The topological polar surface area (TPSA) is 48.5 Å². The Bertz CT molecular complexity index is 1350. The predicted octanol–water partition coefficient (Wildman–Crippen LogP) is 5.40. The first-order valence-corrected chi connectivity index (χ1v) is 11.2. The van der Waals surface area contributed by atoms with Gasteiger partial charge in [-0.3, -0.25) is 4.79 Å². The van der Waals surface area contributed by atoms with Crippen LogP contribution in [0.15, 0.2) is 72.8 Å². The molecule has 5 rings (SSSR count). The van der Waals surface area contributed by atoms with Gasteiger partial charge in [0, 0.05) is 42.9 Å². The fourth-order valence-electron chi connectivity index (χ4n) is 4.23. The summed E-state index contributed by atoms with van der Waals surface area (Å²) in [6, 6.07) is 20.5. The molecule has 34 heavy (non-hydrogen) atoms. The number of carbonyl (C=O) groups excluding carboxylic acids is 1. The summed E-state index contributed by atoms with van der Waals surface area (Å²) in [6.45, 7) is 4.62. The number of halogens is 2. The number of hydrogen-bond acceptors (Lipinski definition) is 4. The van der Waals surface area contributed by atoms with Gasteiger partial charge in [0.25, 0.3) is 5.91 Å². The van der Waals surface area contributed by atoms with E-state index in [-0.39, 0.29) is 17.5 Å². The molecule has 1 fully saturated rings. The van der Waals surface area contributed by atoms with Gasteiger partial charge in [0.2, 0.25) is 0 Å². The second-order valence-corrected chi connectivity index (χ2v) is 8.41. The summed E-state index contributed by atoms with van der Waals surface area (Å²) in [4.78, 5) is 22.4. The molecular weight excluding hydrogens is 434 g/mol. The van der Waals surface area contributed by atoms with Crippen molar-refractivity contribution >= 4 is 34.0 Å². The maximum absolute atomic E-state index is 14.0. The molecule has 1 aliphatic heterocycles. The molecule has 7 heteroatoms. The van der Waals surface area contributed by atoms with Crippen molar-refractivity contribution in [2.75, 3.05) is 41.3 Å². The van der Waals surface area contributed by atoms with Crippen LogP contribution in [-0.4, -0.2) is 37.1 Å². The summed E-state index contributed by atoms with van der Waals surface area (Å²) in [5, 5.41) is 3.55. The van der Waals surface area contributed by atoms with E-state index in [0.29, 0.717) is 29.9 Å². The van der Waals surface area contributed by atoms with Crippen molar-refractivity contribution in [3.63, 3.8) is 0 Å². The van der Waals surface area contributed by atoms with Gasteiger partial charge in [0.1, 0.15) is 17.5 Å². The first-order valence-electron chi connectivity index (χ1n) is 11.2. The molecule has 0 bridgehead atoms. The van der Waals surface area contributed by atoms with Gasteiger partial charge in [0.05, 0.1) is 11.1 Å². The third-order valence-corrected chi connectivity index (χ3v) is 6.17. The Kier molecular flexibility index (Phi) is 5.84. The number of pyridine rings is 1. The van der Waals surface area contributed by atoms with Crippen LogP contribution in [0, 0.1) is 18.6 Å². The van der Waals surface area contributed by atoms with Crippen LogP contribution in [0.2, 0.25) is 0 Å². The Hall–Kier alpha value is -4.00. The van der Waals surface area contributed by atoms with Gasteiger partial charge in [-0.2, -0.15) is 0 Å². The van der Waals surface area contributed by atoms with E-state index in [9.17, 15) is 13.6 Å². The van der Waals surface area contributed by atoms with E-state index in [1.165, 1.54) is 18.2 Å². The SMILES string of the molecule is Cc1ccc(NC(=O)c2cc(N3CCN(c4ccc(F)cc4)CC3)nc3ccccc23)cc1F. The van der Waals surface area contributed by atoms with Crippen LogP contribution < -0.4 is 15.1 Å². The molecule has 3 aromatic carbocycles. The van der Waals surface area contributed by atoms with Crippen LogP contribution in [0.4, 0.5) is 26.0 Å². The van der Waals surface area contributed by atoms with Gasteiger partial charge in [-0.1, -0.05) is 24.3 Å². The van der Waals surface area contributed by atoms with Crippen LogP contribution in [0.3, 0.4) is 0 Å². The lowest BCUT2D eigenvalue weighted by Gasteiger charge is -2.37. The Balaban J connectivity index is 1.40. The maximum atomic E-state index is 14.0. The fraction of sp³-hybridized carbons (Fsp3) is 0.185. The molecule has 1 amide bonds. The average molecular weight is 459 g/mol. The number of carbonyl (C=O) groups is 1. The number of nitrogens with one attached hydrogen (secondary N) is 1. The van der Waals surface area contributed by atoms with E-state index in [4.69, 9.17) is 4.98 Å². The minimum atomic E-state index is -0.364. The second kappa shape index (κ2) is 9.09. The molecule has 2 heterocycles. The zero-order valence-corrected chi connectivity index (χ0v) is 18.8. The molecular formula is C27H24F2N4O. The van der Waals surface area contributed by atoms with Crippen LogP contribution in [0.25, 0.3) is 10.9 Å². The van der Waals surface area contributed by atoms with E-state index in [1.54, 1.807) is 37.3 Å². The van der Waals surface area contributed by atoms with Gasteiger partial charge < -0.3 is 15.1 Å². The van der Waals surface area contributed by atoms with Crippen LogP contribution in [0.1, 0.15) is 15.9 Å². The molecule has 1 aromatic heterocycles. The highest BCUT2D eigenvalue weighted by Crippen LogP contribution is 2.26. The summed E-state index contributed by atoms with van der Waals surface area (Å²) in [5.74, 6) is -0.204. The quantitative estimate of drug-likeness (QED) is 0.445. The molecule has 0 saturated carbocycles. The molecule has 4 aromatic rings. The normalized spacial score (nSPS) is 13.9. The molecule has 0 atom stereocenters. The molecule has 5 nitrogen and oxygen atoms in total. The van der Waals surface area contributed by atoms with Gasteiger partial charge in [-0.15, -0.1) is 0 Å². The summed E-state index contributed by atoms with van der Waals surface area (Å²) < 4.78 is 27.2. The van der Waals surface area contributed by atoms with Gasteiger partial charge >= 0.3 is 0 Å². The van der Waals surface area contributed by atoms with E-state index < -0.39 is 0 Å². The molecule has 1 saturated heterocycles. The number of hydrogen-bond donors (Lipinski definition) is 1. The second-order valence-electron chi connectivity index (χ2n) is 8.41. The van der Waals surface area contributed by atoms with Crippen molar-refractivity contribution < 1.29 is 13.6 Å². The lowest BCUT2D eigenvalue weighted by Crippen LogP contribution is -2.46. The number of rotatable bonds is 4. The molecule has 0 aliphatic carbocycles. The first-order chi connectivity index (χ1) is 16.5. The van der Waals surface area contributed by atoms with Crippen LogP contribution >= 0.6 is 0 Å². The lowest BCUT2D eigenvalue weighted by atomic mass is 10.1. The van der Waals surface area contributed by atoms with Crippen LogP contribution in [0.5, 0.6) is 0 Å². The third-order valence-electron chi connectivity index (χ3n) is 6.17. The summed E-state index contributed by atoms with van der Waals surface area (Å²) in [6.07, 6.45) is 0. The van der Waals surface area contributed by atoms with Crippen LogP contribution in [-0.2, 0) is 0 Å². The highest BCUT2D eigenvalue weighted by atomic mass is 19.1. The highest BCUT2D eigenvalue weighted by Gasteiger charge is 2.21. The smallest absolute Gasteiger partial charge is 0.256 e. The minimum absolute atomic E-state index is 0.248. The minimum Gasteiger partial charge on any atom is -0.368 e. The van der Waals surface area contributed by atoms with E-state index >= 15 is 0 Å². The molecule has 172 valence electrons. The Labute approximate surface area is 196 Å². The molecule has 1 aliphatic rings. The van der Waals surface area contributed by atoms with Crippen molar-refractivity contribution in [3.05, 3.63) is 95.6 Å². The Morgan fingerprint density at radius 2 is 1.59 bits per heavy atom. The monoisotopic (exact) mass is 458 g/mol. The highest BCUT2D eigenvalue weighted by molar-refractivity contribution is 6.13. The van der Waals surface area contributed by atoms with Gasteiger partial charge in [0.15, 0.2) is 0 Å². The first kappa shape index (κ1) is 21.8. The fourth-order valence-corrected chi connectivity index (χ4v) is 4.23. The van der Waals surface area contributed by atoms with Crippen molar-refractivity contribution in [3.8, 4) is 0 Å². The predicted molar refractivity (Wildman–Crippen MR) is 132 cm³/mol. The molecule has 1 N–H and O–H groups in total. The number of fused-ring (bicyclic) bond motifs is 1. The lowest BCUT2D eigenvalue weighted by molar-refractivity contribution is 0.102. The number of amides is 1. The zero-order chi connectivity index (χ0) is 23.7. The third kappa shape index (κ3) is 4.41. The number of benzene rings is 3. The average Bonchev–Trinajstić information content (AvgIpc) is 2.86. The Morgan fingerprint density at radius 1 is 0.882 bits per heavy atom. The Morgan fingerprint density at radius 3 is 2.32 bits per heavy atom. The van der Waals surface area contributed by atoms with E-state index in [1.807, 2.05) is 24.3 Å². The number of aryl methyl sites for hydroxylation is 1. The summed E-state index contributed by atoms with van der Waals surface area (Å²) in [5.41, 5.74) is 3.12. The summed E-state index contributed by atoms with van der Waals surface area (Å²) in [7, 11) is 0. The number of aromatic nitrogens is 1. The van der Waals surface area contributed by atoms with Crippen molar-refractivity contribution in [2.24, 2.45) is 0 Å². The molecule has 0 spiro atoms. The number of anilines is 3.